The number of likely N-dealkylation sites (tertiary alicyclic amines) is 2. The van der Waals surface area contributed by atoms with Gasteiger partial charge in [0.15, 0.2) is 0 Å². The van der Waals surface area contributed by atoms with Crippen molar-refractivity contribution < 1.29 is 9.90 Å². The fourth-order valence-corrected chi connectivity index (χ4v) is 6.69. The number of hydrogen-bond acceptors (Lipinski definition) is 4. The number of amides is 1. The van der Waals surface area contributed by atoms with Crippen LogP contribution < -0.4 is 0 Å². The quantitative estimate of drug-likeness (QED) is 0.426. The zero-order valence-corrected chi connectivity index (χ0v) is 22.1. The van der Waals surface area contributed by atoms with Crippen LogP contribution in [0.1, 0.15) is 58.6 Å². The monoisotopic (exact) mass is 502 g/mol. The minimum atomic E-state index is -0.541. The van der Waals surface area contributed by atoms with E-state index in [1.807, 2.05) is 24.3 Å². The molecule has 4 nitrogen and oxygen atoms in total. The number of aryl methyl sites for hydroxylation is 2. The van der Waals surface area contributed by atoms with Gasteiger partial charge in [-0.15, -0.1) is 0 Å². The van der Waals surface area contributed by atoms with Crippen LogP contribution in [-0.4, -0.2) is 59.1 Å². The summed E-state index contributed by atoms with van der Waals surface area (Å²) in [6.45, 7) is 6.48. The highest BCUT2D eigenvalue weighted by molar-refractivity contribution is 7.08. The Labute approximate surface area is 219 Å². The van der Waals surface area contributed by atoms with E-state index in [2.05, 4.69) is 63.9 Å². The zero-order chi connectivity index (χ0) is 25.0. The number of benzene rings is 2. The molecule has 5 heteroatoms. The van der Waals surface area contributed by atoms with E-state index in [0.29, 0.717) is 11.8 Å². The molecule has 1 aromatic heterocycles. The van der Waals surface area contributed by atoms with Crippen LogP contribution in [0.25, 0.3) is 0 Å². The number of hydrogen-bond donors (Lipinski definition) is 1. The highest BCUT2D eigenvalue weighted by Crippen LogP contribution is 2.36. The van der Waals surface area contributed by atoms with E-state index in [1.165, 1.54) is 16.7 Å². The molecule has 190 valence electrons. The first-order valence-corrected chi connectivity index (χ1v) is 14.3. The lowest BCUT2D eigenvalue weighted by molar-refractivity contribution is -0.0315. The lowest BCUT2D eigenvalue weighted by atomic mass is 9.84. The van der Waals surface area contributed by atoms with Crippen molar-refractivity contribution in [1.82, 2.24) is 9.80 Å². The number of carbonyl (C=O) groups excluding carboxylic acids is 1. The molecule has 3 aromatic rings. The number of piperidine rings is 1. The summed E-state index contributed by atoms with van der Waals surface area (Å²) in [7, 11) is 0. The molecule has 36 heavy (non-hydrogen) atoms. The minimum absolute atomic E-state index is 0.143. The first kappa shape index (κ1) is 25.2. The fourth-order valence-electron chi connectivity index (χ4n) is 5.96. The van der Waals surface area contributed by atoms with E-state index in [-0.39, 0.29) is 5.91 Å². The molecule has 1 amide bonds. The van der Waals surface area contributed by atoms with Crippen molar-refractivity contribution in [3.8, 4) is 0 Å². The molecule has 1 N–H and O–H groups in total. The van der Waals surface area contributed by atoms with Crippen molar-refractivity contribution >= 4 is 17.2 Å². The molecule has 2 aliphatic rings. The van der Waals surface area contributed by atoms with Crippen molar-refractivity contribution in [2.75, 3.05) is 32.7 Å². The molecular formula is C31H38N2O2S. The topological polar surface area (TPSA) is 43.8 Å². The Bertz CT molecular complexity index is 1110. The molecule has 2 atom stereocenters. The van der Waals surface area contributed by atoms with Gasteiger partial charge in [0.1, 0.15) is 0 Å². The van der Waals surface area contributed by atoms with Gasteiger partial charge in [0, 0.05) is 44.2 Å². The van der Waals surface area contributed by atoms with Crippen LogP contribution in [0.5, 0.6) is 0 Å². The Hall–Kier alpha value is -2.47. The van der Waals surface area contributed by atoms with Crippen molar-refractivity contribution in [2.45, 2.75) is 50.5 Å². The van der Waals surface area contributed by atoms with Gasteiger partial charge >= 0.3 is 0 Å². The van der Waals surface area contributed by atoms with Crippen LogP contribution in [0, 0.1) is 12.8 Å². The molecule has 0 bridgehead atoms. The summed E-state index contributed by atoms with van der Waals surface area (Å²) in [6.07, 6.45) is 4.60. The van der Waals surface area contributed by atoms with Gasteiger partial charge < -0.3 is 14.9 Å². The molecule has 3 heterocycles. The van der Waals surface area contributed by atoms with E-state index in [0.717, 1.165) is 70.4 Å². The predicted molar refractivity (Wildman–Crippen MR) is 148 cm³/mol. The number of thiophene rings is 1. The van der Waals surface area contributed by atoms with E-state index in [4.69, 9.17) is 0 Å². The summed E-state index contributed by atoms with van der Waals surface area (Å²) in [6, 6.07) is 20.7. The molecule has 2 aliphatic heterocycles. The molecule has 2 fully saturated rings. The Morgan fingerprint density at radius 1 is 1.03 bits per heavy atom. The van der Waals surface area contributed by atoms with Crippen molar-refractivity contribution in [3.05, 3.63) is 93.7 Å². The number of nitrogens with zero attached hydrogens (tertiary/aromatic N) is 2. The van der Waals surface area contributed by atoms with Crippen LogP contribution in [0.2, 0.25) is 0 Å². The second kappa shape index (κ2) is 11.3. The number of carbonyl (C=O) groups is 1. The van der Waals surface area contributed by atoms with Gasteiger partial charge in [-0.1, -0.05) is 48.0 Å². The maximum atomic E-state index is 13.3. The highest BCUT2D eigenvalue weighted by Gasteiger charge is 2.39. The second-order valence-electron chi connectivity index (χ2n) is 10.9. The van der Waals surface area contributed by atoms with E-state index in [9.17, 15) is 9.90 Å². The third kappa shape index (κ3) is 6.08. The van der Waals surface area contributed by atoms with Crippen LogP contribution in [-0.2, 0) is 6.42 Å². The lowest BCUT2D eigenvalue weighted by Crippen LogP contribution is -2.46. The Balaban J connectivity index is 1.17. The van der Waals surface area contributed by atoms with Crippen LogP contribution in [0.15, 0.2) is 71.4 Å². The van der Waals surface area contributed by atoms with Crippen molar-refractivity contribution in [2.24, 2.45) is 5.92 Å². The smallest absolute Gasteiger partial charge is 0.253 e. The summed E-state index contributed by atoms with van der Waals surface area (Å²) >= 11 is 1.74. The van der Waals surface area contributed by atoms with Gasteiger partial charge in [-0.05, 0) is 85.0 Å². The van der Waals surface area contributed by atoms with Gasteiger partial charge in [-0.2, -0.15) is 11.3 Å². The SMILES string of the molecule is Cc1ccc(C(=O)N2CC(CN3CCC(O)(CCCc4ccccc4)CC3)C(c3ccsc3)C2)cc1. The van der Waals surface area contributed by atoms with Gasteiger partial charge in [-0.25, -0.2) is 0 Å². The van der Waals surface area contributed by atoms with Crippen LogP contribution in [0.4, 0.5) is 0 Å². The minimum Gasteiger partial charge on any atom is -0.390 e. The average molecular weight is 503 g/mol. The number of rotatable bonds is 8. The largest absolute Gasteiger partial charge is 0.390 e. The molecule has 0 aliphatic carbocycles. The summed E-state index contributed by atoms with van der Waals surface area (Å²) in [5.74, 6) is 0.930. The van der Waals surface area contributed by atoms with E-state index in [1.54, 1.807) is 11.3 Å². The average Bonchev–Trinajstić information content (AvgIpc) is 3.57. The molecular weight excluding hydrogens is 464 g/mol. The van der Waals surface area contributed by atoms with Gasteiger partial charge in [0.25, 0.3) is 5.91 Å². The third-order valence-corrected chi connectivity index (χ3v) is 8.93. The van der Waals surface area contributed by atoms with Crippen LogP contribution >= 0.6 is 11.3 Å². The zero-order valence-electron chi connectivity index (χ0n) is 21.3. The number of aliphatic hydroxyl groups is 1. The Kier molecular flexibility index (Phi) is 7.90. The Morgan fingerprint density at radius 3 is 2.47 bits per heavy atom. The first-order valence-electron chi connectivity index (χ1n) is 13.4. The van der Waals surface area contributed by atoms with E-state index >= 15 is 0 Å². The third-order valence-electron chi connectivity index (χ3n) is 8.23. The second-order valence-corrected chi connectivity index (χ2v) is 11.6. The molecule has 2 aromatic carbocycles. The summed E-state index contributed by atoms with van der Waals surface area (Å²) in [5.41, 5.74) is 4.12. The fraction of sp³-hybridized carbons (Fsp3) is 0.452. The summed E-state index contributed by atoms with van der Waals surface area (Å²) < 4.78 is 0. The molecule has 2 saturated heterocycles. The molecule has 5 rings (SSSR count). The maximum absolute atomic E-state index is 13.3. The molecule has 0 saturated carbocycles. The van der Waals surface area contributed by atoms with Gasteiger partial charge in [0.2, 0.25) is 0 Å². The molecule has 0 spiro atoms. The van der Waals surface area contributed by atoms with Crippen LogP contribution in [0.3, 0.4) is 0 Å². The van der Waals surface area contributed by atoms with Gasteiger partial charge in [0.05, 0.1) is 5.60 Å². The van der Waals surface area contributed by atoms with Gasteiger partial charge in [-0.3, -0.25) is 4.79 Å². The lowest BCUT2D eigenvalue weighted by Gasteiger charge is -2.39. The summed E-state index contributed by atoms with van der Waals surface area (Å²) in [5, 5.41) is 15.6. The van der Waals surface area contributed by atoms with E-state index < -0.39 is 5.60 Å². The normalized spacial score (nSPS) is 22.1. The van der Waals surface area contributed by atoms with Crippen molar-refractivity contribution in [3.63, 3.8) is 0 Å². The maximum Gasteiger partial charge on any atom is 0.253 e. The molecule has 2 unspecified atom stereocenters. The Morgan fingerprint density at radius 2 is 1.78 bits per heavy atom. The van der Waals surface area contributed by atoms with Crippen molar-refractivity contribution in [1.29, 1.82) is 0 Å². The summed E-state index contributed by atoms with van der Waals surface area (Å²) in [4.78, 5) is 17.9. The first-order chi connectivity index (χ1) is 17.5. The highest BCUT2D eigenvalue weighted by atomic mass is 32.1. The molecule has 0 radical (unpaired) electrons. The standard InChI is InChI=1S/C31H38N2O2S/c1-24-9-11-26(12-10-24)30(34)33-21-28(29(22-33)27-13-19-36-23-27)20-32-17-15-31(35,16-18-32)14-5-8-25-6-3-2-4-7-25/h2-4,6-7,9-13,19,23,28-29,35H,5,8,14-18,20-22H2,1H3. The predicted octanol–water partition coefficient (Wildman–Crippen LogP) is 5.76.